The number of furan rings is 1. The number of hydrogen-bond donors (Lipinski definition) is 1. The Morgan fingerprint density at radius 2 is 2.12 bits per heavy atom. The molecule has 0 radical (unpaired) electrons. The molecule has 2 aromatic rings. The number of fused-ring (bicyclic) bond motifs is 1. The molecule has 0 amide bonds. The lowest BCUT2D eigenvalue weighted by molar-refractivity contribution is 0.0529. The molecule has 0 saturated heterocycles. The minimum absolute atomic E-state index is 0.118. The number of benzene rings is 1. The van der Waals surface area contributed by atoms with Crippen LogP contribution < -0.4 is 5.73 Å². The monoisotopic (exact) mass is 233 g/mol. The van der Waals surface area contributed by atoms with Gasteiger partial charge in [0, 0.05) is 5.39 Å². The van der Waals surface area contributed by atoms with E-state index in [0.717, 1.165) is 16.5 Å². The number of aryl methyl sites for hydroxylation is 2. The number of hydrogen-bond acceptors (Lipinski definition) is 4. The highest BCUT2D eigenvalue weighted by atomic mass is 16.5. The van der Waals surface area contributed by atoms with Crippen molar-refractivity contribution in [2.45, 2.75) is 20.8 Å². The highest BCUT2D eigenvalue weighted by Gasteiger charge is 2.21. The zero-order chi connectivity index (χ0) is 12.6. The van der Waals surface area contributed by atoms with Crippen molar-refractivity contribution in [2.24, 2.45) is 0 Å². The Morgan fingerprint density at radius 1 is 1.41 bits per heavy atom. The number of carbonyl (C=O) groups excluding carboxylic acids is 1. The van der Waals surface area contributed by atoms with Crippen molar-refractivity contribution in [3.8, 4) is 0 Å². The lowest BCUT2D eigenvalue weighted by atomic mass is 10.1. The van der Waals surface area contributed by atoms with Gasteiger partial charge >= 0.3 is 5.97 Å². The molecule has 2 rings (SSSR count). The molecule has 4 nitrogen and oxygen atoms in total. The molecule has 0 atom stereocenters. The maximum Gasteiger partial charge on any atom is 0.344 e. The highest BCUT2D eigenvalue weighted by Crippen LogP contribution is 2.31. The van der Waals surface area contributed by atoms with Gasteiger partial charge in [-0.15, -0.1) is 0 Å². The summed E-state index contributed by atoms with van der Waals surface area (Å²) in [6.45, 7) is 5.96. The topological polar surface area (TPSA) is 65.5 Å². The maximum atomic E-state index is 11.8. The molecule has 4 heteroatoms. The average Bonchev–Trinajstić information content (AvgIpc) is 2.55. The molecule has 2 N–H and O–H groups in total. The number of rotatable bonds is 2. The standard InChI is InChI=1S/C13H15NO3/c1-4-16-13(15)10-9-6-7(2)5-8(3)11(9)17-12(10)14/h5-6H,4,14H2,1-3H3. The summed E-state index contributed by atoms with van der Waals surface area (Å²) >= 11 is 0. The molecule has 0 spiro atoms. The fraction of sp³-hybridized carbons (Fsp3) is 0.308. The van der Waals surface area contributed by atoms with Crippen LogP contribution in [0.25, 0.3) is 11.0 Å². The van der Waals surface area contributed by atoms with Crippen LogP contribution >= 0.6 is 0 Å². The molecule has 0 fully saturated rings. The molecule has 0 bridgehead atoms. The van der Waals surface area contributed by atoms with Crippen LogP contribution in [0.15, 0.2) is 16.5 Å². The van der Waals surface area contributed by atoms with Gasteiger partial charge < -0.3 is 14.9 Å². The molecule has 1 aromatic heterocycles. The van der Waals surface area contributed by atoms with Gasteiger partial charge in [0.15, 0.2) is 0 Å². The first-order chi connectivity index (χ1) is 8.04. The quantitative estimate of drug-likeness (QED) is 0.810. The first-order valence-corrected chi connectivity index (χ1v) is 5.51. The van der Waals surface area contributed by atoms with Crippen LogP contribution in [-0.2, 0) is 4.74 Å². The summed E-state index contributed by atoms with van der Waals surface area (Å²) < 4.78 is 10.4. The zero-order valence-corrected chi connectivity index (χ0v) is 10.2. The summed E-state index contributed by atoms with van der Waals surface area (Å²) in [5, 5.41) is 0.721. The van der Waals surface area contributed by atoms with Crippen molar-refractivity contribution in [1.82, 2.24) is 0 Å². The molecule has 0 aliphatic heterocycles. The first kappa shape index (κ1) is 11.5. The normalized spacial score (nSPS) is 10.8. The Labute approximate surface area is 99.3 Å². The number of nitrogens with two attached hydrogens (primary N) is 1. The van der Waals surface area contributed by atoms with Crippen LogP contribution in [0.2, 0.25) is 0 Å². The van der Waals surface area contributed by atoms with Crippen molar-refractivity contribution in [1.29, 1.82) is 0 Å². The second-order valence-corrected chi connectivity index (χ2v) is 4.02. The van der Waals surface area contributed by atoms with Gasteiger partial charge in [-0.1, -0.05) is 6.07 Å². The van der Waals surface area contributed by atoms with Crippen molar-refractivity contribution >= 4 is 22.8 Å². The molecule has 0 aliphatic rings. The van der Waals surface area contributed by atoms with Gasteiger partial charge in [0.25, 0.3) is 0 Å². The maximum absolute atomic E-state index is 11.8. The molecular formula is C13H15NO3. The van der Waals surface area contributed by atoms with E-state index in [-0.39, 0.29) is 5.88 Å². The molecular weight excluding hydrogens is 218 g/mol. The van der Waals surface area contributed by atoms with Crippen LogP contribution in [0.4, 0.5) is 5.88 Å². The highest BCUT2D eigenvalue weighted by molar-refractivity contribution is 6.08. The number of anilines is 1. The Kier molecular flexibility index (Phi) is 2.79. The predicted molar refractivity (Wildman–Crippen MR) is 66.1 cm³/mol. The minimum atomic E-state index is -0.436. The summed E-state index contributed by atoms with van der Waals surface area (Å²) in [6, 6.07) is 3.87. The third-order valence-corrected chi connectivity index (χ3v) is 2.63. The summed E-state index contributed by atoms with van der Waals surface area (Å²) in [6.07, 6.45) is 0. The van der Waals surface area contributed by atoms with Gasteiger partial charge in [-0.25, -0.2) is 4.79 Å². The molecule has 0 unspecified atom stereocenters. The Morgan fingerprint density at radius 3 is 2.76 bits per heavy atom. The lowest BCUT2D eigenvalue weighted by Crippen LogP contribution is -2.06. The number of esters is 1. The fourth-order valence-electron chi connectivity index (χ4n) is 1.98. The molecule has 0 saturated carbocycles. The van der Waals surface area contributed by atoms with E-state index in [1.807, 2.05) is 26.0 Å². The Bertz CT molecular complexity index is 584. The number of ether oxygens (including phenoxy) is 1. The van der Waals surface area contributed by atoms with Crippen molar-refractivity contribution in [3.63, 3.8) is 0 Å². The molecule has 0 aliphatic carbocycles. The zero-order valence-electron chi connectivity index (χ0n) is 10.2. The SMILES string of the molecule is CCOC(=O)c1c(N)oc2c(C)cc(C)cc12. The van der Waals surface area contributed by atoms with Gasteiger partial charge in [-0.05, 0) is 38.0 Å². The minimum Gasteiger partial charge on any atom is -0.462 e. The first-order valence-electron chi connectivity index (χ1n) is 5.51. The second kappa shape index (κ2) is 4.13. The van der Waals surface area contributed by atoms with Crippen molar-refractivity contribution in [2.75, 3.05) is 12.3 Å². The summed E-state index contributed by atoms with van der Waals surface area (Å²) in [7, 11) is 0. The van der Waals surface area contributed by atoms with Gasteiger partial charge in [0.2, 0.25) is 5.88 Å². The number of nitrogen functional groups attached to an aromatic ring is 1. The van der Waals surface area contributed by atoms with E-state index in [1.54, 1.807) is 6.92 Å². The average molecular weight is 233 g/mol. The van der Waals surface area contributed by atoms with E-state index in [9.17, 15) is 4.79 Å². The van der Waals surface area contributed by atoms with E-state index in [0.29, 0.717) is 17.8 Å². The predicted octanol–water partition coefficient (Wildman–Crippen LogP) is 2.81. The Balaban J connectivity index is 2.70. The summed E-state index contributed by atoms with van der Waals surface area (Å²) in [5.41, 5.74) is 8.73. The van der Waals surface area contributed by atoms with Crippen LogP contribution in [0.3, 0.4) is 0 Å². The second-order valence-electron chi connectivity index (χ2n) is 4.02. The van der Waals surface area contributed by atoms with Gasteiger partial charge in [0.1, 0.15) is 11.1 Å². The largest absolute Gasteiger partial charge is 0.462 e. The van der Waals surface area contributed by atoms with Crippen LogP contribution in [-0.4, -0.2) is 12.6 Å². The molecule has 1 aromatic carbocycles. The van der Waals surface area contributed by atoms with E-state index in [2.05, 4.69) is 0 Å². The van der Waals surface area contributed by atoms with Gasteiger partial charge in [0.05, 0.1) is 6.61 Å². The summed E-state index contributed by atoms with van der Waals surface area (Å²) in [4.78, 5) is 11.8. The van der Waals surface area contributed by atoms with E-state index in [1.165, 1.54) is 0 Å². The van der Waals surface area contributed by atoms with Crippen LogP contribution in [0, 0.1) is 13.8 Å². The lowest BCUT2D eigenvalue weighted by Gasteiger charge is -2.01. The van der Waals surface area contributed by atoms with Crippen LogP contribution in [0.5, 0.6) is 0 Å². The third-order valence-electron chi connectivity index (χ3n) is 2.63. The fourth-order valence-corrected chi connectivity index (χ4v) is 1.98. The third kappa shape index (κ3) is 1.86. The Hall–Kier alpha value is -1.97. The molecule has 17 heavy (non-hydrogen) atoms. The van der Waals surface area contributed by atoms with Crippen LogP contribution in [0.1, 0.15) is 28.4 Å². The van der Waals surface area contributed by atoms with E-state index in [4.69, 9.17) is 14.9 Å². The molecule has 90 valence electrons. The van der Waals surface area contributed by atoms with Gasteiger partial charge in [-0.3, -0.25) is 0 Å². The number of carbonyl (C=O) groups is 1. The van der Waals surface area contributed by atoms with E-state index < -0.39 is 5.97 Å². The van der Waals surface area contributed by atoms with E-state index >= 15 is 0 Å². The van der Waals surface area contributed by atoms with Crippen molar-refractivity contribution < 1.29 is 13.9 Å². The smallest absolute Gasteiger partial charge is 0.344 e. The molecule has 1 heterocycles. The van der Waals surface area contributed by atoms with Crippen molar-refractivity contribution in [3.05, 3.63) is 28.8 Å². The summed E-state index contributed by atoms with van der Waals surface area (Å²) in [5.74, 6) is -0.319. The van der Waals surface area contributed by atoms with Gasteiger partial charge in [-0.2, -0.15) is 0 Å².